The second-order valence-electron chi connectivity index (χ2n) is 2.83. The van der Waals surface area contributed by atoms with E-state index in [-0.39, 0.29) is 12.4 Å². The van der Waals surface area contributed by atoms with E-state index in [0.29, 0.717) is 5.69 Å². The molecule has 1 rings (SSSR count). The maximum Gasteiger partial charge on any atom is 0.344 e. The van der Waals surface area contributed by atoms with Crippen molar-refractivity contribution in [3.63, 3.8) is 0 Å². The number of carbonyl (C=O) groups excluding carboxylic acids is 1. The van der Waals surface area contributed by atoms with Crippen LogP contribution >= 0.6 is 27.5 Å². The highest BCUT2D eigenvalue weighted by Crippen LogP contribution is 2.14. The van der Waals surface area contributed by atoms with Gasteiger partial charge in [0.25, 0.3) is 0 Å². The Hall–Kier alpha value is -1.14. The quantitative estimate of drug-likeness (QED) is 0.527. The van der Waals surface area contributed by atoms with Crippen LogP contribution in [-0.2, 0) is 0 Å². The first-order valence-corrected chi connectivity index (χ1v) is 5.73. The molecule has 0 spiro atoms. The molecule has 7 heteroatoms. The van der Waals surface area contributed by atoms with E-state index in [9.17, 15) is 9.70 Å². The number of benzene rings is 1. The smallest absolute Gasteiger partial charge is 0.306 e. The van der Waals surface area contributed by atoms with Gasteiger partial charge in [0.2, 0.25) is 0 Å². The molecule has 86 valence electrons. The van der Waals surface area contributed by atoms with E-state index in [0.717, 1.165) is 9.48 Å². The van der Waals surface area contributed by atoms with Crippen molar-refractivity contribution in [3.05, 3.63) is 33.6 Å². The van der Waals surface area contributed by atoms with Crippen molar-refractivity contribution in [3.8, 4) is 0 Å². The van der Waals surface area contributed by atoms with Crippen molar-refractivity contribution < 1.29 is 4.79 Å². The highest BCUT2D eigenvalue weighted by atomic mass is 79.9. The van der Waals surface area contributed by atoms with Crippen LogP contribution in [0, 0.1) is 4.91 Å². The van der Waals surface area contributed by atoms with Gasteiger partial charge in [0, 0.05) is 16.0 Å². The van der Waals surface area contributed by atoms with Crippen LogP contribution in [0.4, 0.5) is 10.5 Å². The molecule has 0 saturated carbocycles. The molecule has 0 aromatic heterocycles. The third kappa shape index (κ3) is 3.79. The minimum absolute atomic E-state index is 0.0768. The molecule has 0 aliphatic carbocycles. The number of alkyl halides is 1. The van der Waals surface area contributed by atoms with Gasteiger partial charge in [-0.05, 0) is 24.3 Å². The molecule has 0 bridgehead atoms. The van der Waals surface area contributed by atoms with Gasteiger partial charge in [0.15, 0.2) is 0 Å². The van der Waals surface area contributed by atoms with Gasteiger partial charge in [-0.15, -0.1) is 16.5 Å². The molecule has 0 unspecified atom stereocenters. The zero-order valence-electron chi connectivity index (χ0n) is 8.19. The number of amides is 2. The molecule has 0 saturated heterocycles. The predicted octanol–water partition coefficient (Wildman–Crippen LogP) is 3.20. The number of anilines is 1. The lowest BCUT2D eigenvalue weighted by atomic mass is 10.3. The summed E-state index contributed by atoms with van der Waals surface area (Å²) in [6.07, 6.45) is 0. The first kappa shape index (κ1) is 12.9. The van der Waals surface area contributed by atoms with Crippen LogP contribution in [0.1, 0.15) is 0 Å². The highest BCUT2D eigenvalue weighted by Gasteiger charge is 2.12. The summed E-state index contributed by atoms with van der Waals surface area (Å²) in [5.74, 6) is 0.152. The second-order valence-corrected chi connectivity index (χ2v) is 4.12. The number of carbonyl (C=O) groups is 1. The minimum atomic E-state index is -0.599. The lowest BCUT2D eigenvalue weighted by molar-refractivity contribution is 0.216. The summed E-state index contributed by atoms with van der Waals surface area (Å²) in [5.41, 5.74) is 0.580. The molecule has 1 N–H and O–H groups in total. The third-order valence-corrected chi connectivity index (χ3v) is 2.42. The van der Waals surface area contributed by atoms with E-state index in [2.05, 4.69) is 26.5 Å². The van der Waals surface area contributed by atoms with Crippen molar-refractivity contribution >= 4 is 39.2 Å². The fourth-order valence-corrected chi connectivity index (χ4v) is 1.41. The van der Waals surface area contributed by atoms with Crippen molar-refractivity contribution in [1.82, 2.24) is 5.01 Å². The van der Waals surface area contributed by atoms with Crippen LogP contribution in [0.2, 0.25) is 0 Å². The summed E-state index contributed by atoms with van der Waals surface area (Å²) < 4.78 is 0.900. The number of urea groups is 1. The number of rotatable bonds is 4. The van der Waals surface area contributed by atoms with Gasteiger partial charge >= 0.3 is 6.03 Å². The van der Waals surface area contributed by atoms with Crippen LogP contribution in [0.25, 0.3) is 0 Å². The molecule has 0 fully saturated rings. The van der Waals surface area contributed by atoms with Gasteiger partial charge < -0.3 is 5.32 Å². The standard InChI is InChI=1S/C9H9BrClN3O2/c10-7-1-3-8(4-2-7)12-9(15)14(13-16)6-5-11/h1-4H,5-6H2,(H,12,15). The minimum Gasteiger partial charge on any atom is -0.306 e. The Morgan fingerprint density at radius 3 is 2.56 bits per heavy atom. The van der Waals surface area contributed by atoms with Crippen molar-refractivity contribution in [2.75, 3.05) is 17.7 Å². The lowest BCUT2D eigenvalue weighted by Gasteiger charge is -2.12. The number of nitroso groups, excluding NO2 is 1. The van der Waals surface area contributed by atoms with E-state index < -0.39 is 6.03 Å². The zero-order chi connectivity index (χ0) is 12.0. The van der Waals surface area contributed by atoms with Gasteiger partial charge in [-0.3, -0.25) is 0 Å². The lowest BCUT2D eigenvalue weighted by Crippen LogP contribution is -2.31. The van der Waals surface area contributed by atoms with Crippen LogP contribution in [-0.4, -0.2) is 23.5 Å². The second kappa shape index (κ2) is 6.44. The molecule has 5 nitrogen and oxygen atoms in total. The van der Waals surface area contributed by atoms with Gasteiger partial charge in [-0.1, -0.05) is 15.9 Å². The SMILES string of the molecule is O=NN(CCCl)C(=O)Nc1ccc(Br)cc1. The van der Waals surface area contributed by atoms with Crippen LogP contribution in [0.5, 0.6) is 0 Å². The molecule has 0 heterocycles. The number of nitrogens with zero attached hydrogens (tertiary/aromatic N) is 2. The number of hydrogen-bond acceptors (Lipinski definition) is 3. The molecular formula is C9H9BrClN3O2. The Labute approximate surface area is 106 Å². The fourth-order valence-electron chi connectivity index (χ4n) is 0.981. The molecular weight excluding hydrogens is 297 g/mol. The van der Waals surface area contributed by atoms with E-state index in [1.807, 2.05) is 0 Å². The zero-order valence-corrected chi connectivity index (χ0v) is 10.5. The van der Waals surface area contributed by atoms with Crippen molar-refractivity contribution in [2.45, 2.75) is 0 Å². The molecule has 1 aromatic rings. The number of nitrogens with one attached hydrogen (secondary N) is 1. The van der Waals surface area contributed by atoms with Crippen molar-refractivity contribution in [2.24, 2.45) is 5.29 Å². The van der Waals surface area contributed by atoms with Crippen molar-refractivity contribution in [1.29, 1.82) is 0 Å². The van der Waals surface area contributed by atoms with Gasteiger partial charge in [-0.25, -0.2) is 4.79 Å². The van der Waals surface area contributed by atoms with Gasteiger partial charge in [-0.2, -0.15) is 5.01 Å². The van der Waals surface area contributed by atoms with Crippen LogP contribution in [0.15, 0.2) is 34.0 Å². The van der Waals surface area contributed by atoms with E-state index in [4.69, 9.17) is 11.6 Å². The van der Waals surface area contributed by atoms with Crippen LogP contribution < -0.4 is 5.32 Å². The van der Waals surface area contributed by atoms with Gasteiger partial charge in [0.1, 0.15) is 0 Å². The average Bonchev–Trinajstić information content (AvgIpc) is 2.29. The average molecular weight is 307 g/mol. The fraction of sp³-hybridized carbons (Fsp3) is 0.222. The van der Waals surface area contributed by atoms with E-state index in [1.54, 1.807) is 24.3 Å². The summed E-state index contributed by atoms with van der Waals surface area (Å²) >= 11 is 8.69. The Kier molecular flexibility index (Phi) is 5.21. The maximum atomic E-state index is 11.5. The highest BCUT2D eigenvalue weighted by molar-refractivity contribution is 9.10. The summed E-state index contributed by atoms with van der Waals surface area (Å²) in [6.45, 7) is 0.0768. The summed E-state index contributed by atoms with van der Waals surface area (Å²) in [4.78, 5) is 21.8. The Balaban J connectivity index is 2.62. The first-order valence-electron chi connectivity index (χ1n) is 4.40. The molecule has 0 aliphatic heterocycles. The molecule has 0 atom stereocenters. The normalized spacial score (nSPS) is 9.62. The number of halogens is 2. The number of hydrogen-bond donors (Lipinski definition) is 1. The van der Waals surface area contributed by atoms with Gasteiger partial charge in [0.05, 0.1) is 11.8 Å². The summed E-state index contributed by atoms with van der Waals surface area (Å²) in [7, 11) is 0. The third-order valence-electron chi connectivity index (χ3n) is 1.72. The van der Waals surface area contributed by atoms with E-state index in [1.165, 1.54) is 0 Å². The largest absolute Gasteiger partial charge is 0.344 e. The topological polar surface area (TPSA) is 61.8 Å². The predicted molar refractivity (Wildman–Crippen MR) is 66.4 cm³/mol. The Bertz CT molecular complexity index is 372. The molecule has 1 aromatic carbocycles. The van der Waals surface area contributed by atoms with Crippen LogP contribution in [0.3, 0.4) is 0 Å². The Morgan fingerprint density at radius 1 is 1.44 bits per heavy atom. The monoisotopic (exact) mass is 305 g/mol. The maximum absolute atomic E-state index is 11.5. The molecule has 0 radical (unpaired) electrons. The molecule has 16 heavy (non-hydrogen) atoms. The summed E-state index contributed by atoms with van der Waals surface area (Å²) in [5, 5.41) is 5.82. The first-order chi connectivity index (χ1) is 7.67. The summed E-state index contributed by atoms with van der Waals surface area (Å²) in [6, 6.07) is 6.35. The molecule has 0 aliphatic rings. The molecule has 2 amide bonds. The Morgan fingerprint density at radius 2 is 2.06 bits per heavy atom. The van der Waals surface area contributed by atoms with E-state index >= 15 is 0 Å².